The Morgan fingerprint density at radius 3 is 1.72 bits per heavy atom. The van der Waals surface area contributed by atoms with E-state index in [1.165, 1.54) is 24.0 Å². The first kappa shape index (κ1) is 25.8. The highest BCUT2D eigenvalue weighted by Gasteiger charge is 2.73. The minimum atomic E-state index is -0.109. The van der Waals surface area contributed by atoms with Crippen molar-refractivity contribution in [2.75, 3.05) is 0 Å². The van der Waals surface area contributed by atoms with Crippen molar-refractivity contribution in [2.45, 2.75) is 78.9 Å². The van der Waals surface area contributed by atoms with Crippen molar-refractivity contribution in [1.82, 2.24) is 0 Å². The lowest BCUT2D eigenvalue weighted by molar-refractivity contribution is -0.104. The van der Waals surface area contributed by atoms with Gasteiger partial charge in [-0.1, -0.05) is 97.4 Å². The van der Waals surface area contributed by atoms with Gasteiger partial charge in [-0.05, 0) is 65.5 Å². The highest BCUT2D eigenvalue weighted by atomic mass is 16.6. The number of fused-ring (bicyclic) bond motifs is 1. The van der Waals surface area contributed by atoms with E-state index in [9.17, 15) is 4.79 Å². The van der Waals surface area contributed by atoms with Gasteiger partial charge in [0.1, 0.15) is 11.9 Å². The van der Waals surface area contributed by atoms with E-state index in [4.69, 9.17) is 4.74 Å². The van der Waals surface area contributed by atoms with E-state index in [0.29, 0.717) is 5.57 Å². The zero-order valence-electron chi connectivity index (χ0n) is 20.9. The lowest BCUT2D eigenvalue weighted by atomic mass is 9.64. The van der Waals surface area contributed by atoms with E-state index in [1.54, 1.807) is 13.0 Å². The number of allylic oxidation sites excluding steroid dienone is 15. The summed E-state index contributed by atoms with van der Waals surface area (Å²) in [6.07, 6.45) is 29.2. The summed E-state index contributed by atoms with van der Waals surface area (Å²) in [5.74, 6) is 0. The molecule has 2 fully saturated rings. The summed E-state index contributed by atoms with van der Waals surface area (Å²) < 4.78 is 6.30. The Hall–Kier alpha value is -2.45. The fourth-order valence-electron chi connectivity index (χ4n) is 4.48. The number of carbonyl (C=O) groups is 1. The Kier molecular flexibility index (Phi) is 8.81. The summed E-state index contributed by atoms with van der Waals surface area (Å²) >= 11 is 0. The molecule has 0 spiro atoms. The first-order valence-electron chi connectivity index (χ1n) is 11.6. The third-order valence-corrected chi connectivity index (χ3v) is 6.62. The average Bonchev–Trinajstić information content (AvgIpc) is 3.37. The van der Waals surface area contributed by atoms with E-state index < -0.39 is 0 Å². The molecule has 0 bridgehead atoms. The molecule has 1 heterocycles. The molecule has 1 aliphatic carbocycles. The van der Waals surface area contributed by atoms with Gasteiger partial charge in [0.05, 0.1) is 5.60 Å². The van der Waals surface area contributed by atoms with E-state index in [2.05, 4.69) is 71.1 Å². The molecule has 2 rings (SSSR count). The van der Waals surface area contributed by atoms with E-state index in [-0.39, 0.29) is 16.6 Å². The maximum absolute atomic E-state index is 10.6. The Morgan fingerprint density at radius 2 is 1.19 bits per heavy atom. The number of aldehydes is 1. The van der Waals surface area contributed by atoms with Crippen LogP contribution in [0.25, 0.3) is 0 Å². The van der Waals surface area contributed by atoms with Gasteiger partial charge in [0.25, 0.3) is 0 Å². The molecule has 2 aliphatic rings. The standard InChI is InChI=1S/C30H40O2/c1-24(13-8-9-14-25(2)16-11-18-27(4)23-31)15-10-17-26(3)19-22-30-28(5,6)20-12-21-29(30,7)32-30/h8-11,13-19,22-23H,12,20-21H2,1-7H3/b9-8+,15-10+,16-11+,22-19+,24-13+,25-14+,26-17+,27-18+. The van der Waals surface area contributed by atoms with Crippen LogP contribution in [-0.4, -0.2) is 17.5 Å². The number of epoxide rings is 1. The van der Waals surface area contributed by atoms with Crippen LogP contribution in [0.4, 0.5) is 0 Å². The molecule has 2 unspecified atom stereocenters. The molecule has 1 aliphatic heterocycles. The number of ether oxygens (including phenoxy) is 1. The number of hydrogen-bond acceptors (Lipinski definition) is 2. The average molecular weight is 433 g/mol. The SMILES string of the molecule is C\C(C=O)=C/C=C/C(C)=C/C=C/C=C(C)/C=C/C=C(C)/C=C/C12OC1(C)CCCC2(C)C. The summed E-state index contributed by atoms with van der Waals surface area (Å²) in [6.45, 7) is 15.0. The molecule has 0 N–H and O–H groups in total. The molecule has 2 heteroatoms. The predicted molar refractivity (Wildman–Crippen MR) is 138 cm³/mol. The third-order valence-electron chi connectivity index (χ3n) is 6.62. The van der Waals surface area contributed by atoms with Crippen LogP contribution in [0.15, 0.2) is 95.2 Å². The second-order valence-electron chi connectivity index (χ2n) is 10.0. The van der Waals surface area contributed by atoms with Crippen LogP contribution in [0, 0.1) is 5.41 Å². The smallest absolute Gasteiger partial charge is 0.145 e. The van der Waals surface area contributed by atoms with Crippen molar-refractivity contribution in [3.8, 4) is 0 Å². The van der Waals surface area contributed by atoms with Gasteiger partial charge >= 0.3 is 0 Å². The van der Waals surface area contributed by atoms with Crippen LogP contribution in [0.5, 0.6) is 0 Å². The minimum absolute atomic E-state index is 0.0147. The predicted octanol–water partition coefficient (Wildman–Crippen LogP) is 7.93. The molecule has 0 aromatic carbocycles. The van der Waals surface area contributed by atoms with Crippen LogP contribution in [0.3, 0.4) is 0 Å². The topological polar surface area (TPSA) is 29.6 Å². The van der Waals surface area contributed by atoms with Crippen molar-refractivity contribution in [3.63, 3.8) is 0 Å². The van der Waals surface area contributed by atoms with Gasteiger partial charge in [0, 0.05) is 5.41 Å². The first-order chi connectivity index (χ1) is 15.1. The van der Waals surface area contributed by atoms with E-state index >= 15 is 0 Å². The summed E-state index contributed by atoms with van der Waals surface area (Å²) in [4.78, 5) is 10.6. The molecule has 1 saturated heterocycles. The molecule has 2 atom stereocenters. The number of carbonyl (C=O) groups excluding carboxylic acids is 1. The summed E-state index contributed by atoms with van der Waals surface area (Å²) in [7, 11) is 0. The van der Waals surface area contributed by atoms with Crippen molar-refractivity contribution in [2.24, 2.45) is 5.41 Å². The van der Waals surface area contributed by atoms with Crippen LogP contribution >= 0.6 is 0 Å². The van der Waals surface area contributed by atoms with Crippen molar-refractivity contribution < 1.29 is 9.53 Å². The molecule has 32 heavy (non-hydrogen) atoms. The third kappa shape index (κ3) is 6.53. The molecule has 2 nitrogen and oxygen atoms in total. The zero-order valence-corrected chi connectivity index (χ0v) is 20.9. The summed E-state index contributed by atoms with van der Waals surface area (Å²) in [6, 6.07) is 0. The second kappa shape index (κ2) is 10.9. The molecule has 0 radical (unpaired) electrons. The van der Waals surface area contributed by atoms with Crippen LogP contribution in [0.2, 0.25) is 0 Å². The van der Waals surface area contributed by atoms with Crippen molar-refractivity contribution in [1.29, 1.82) is 0 Å². The molecule has 0 amide bonds. The van der Waals surface area contributed by atoms with Gasteiger partial charge < -0.3 is 4.74 Å². The van der Waals surface area contributed by atoms with Gasteiger partial charge in [-0.3, -0.25) is 4.79 Å². The normalized spacial score (nSPS) is 29.5. The fourth-order valence-corrected chi connectivity index (χ4v) is 4.48. The zero-order chi connectivity index (χ0) is 23.8. The fraction of sp³-hybridized carbons (Fsp3) is 0.433. The van der Waals surface area contributed by atoms with Gasteiger partial charge in [0.15, 0.2) is 0 Å². The van der Waals surface area contributed by atoms with Gasteiger partial charge in [-0.2, -0.15) is 0 Å². The van der Waals surface area contributed by atoms with Gasteiger partial charge in [0.2, 0.25) is 0 Å². The monoisotopic (exact) mass is 432 g/mol. The highest BCUT2D eigenvalue weighted by Crippen LogP contribution is 2.66. The summed E-state index contributed by atoms with van der Waals surface area (Å²) in [5.41, 5.74) is 4.34. The molecule has 0 aromatic rings. The largest absolute Gasteiger partial charge is 0.358 e. The first-order valence-corrected chi connectivity index (χ1v) is 11.6. The quantitative estimate of drug-likeness (QED) is 0.160. The molecular weight excluding hydrogens is 392 g/mol. The molecule has 172 valence electrons. The molecule has 1 saturated carbocycles. The maximum atomic E-state index is 10.6. The number of hydrogen-bond donors (Lipinski definition) is 0. The lowest BCUT2D eigenvalue weighted by Gasteiger charge is -2.36. The Labute approximate surface area is 195 Å². The lowest BCUT2D eigenvalue weighted by Crippen LogP contribution is -2.41. The van der Waals surface area contributed by atoms with Crippen LogP contribution < -0.4 is 0 Å². The van der Waals surface area contributed by atoms with Crippen molar-refractivity contribution >= 4 is 6.29 Å². The molecule has 0 aromatic heterocycles. The highest BCUT2D eigenvalue weighted by molar-refractivity contribution is 5.72. The van der Waals surface area contributed by atoms with Crippen LogP contribution in [0.1, 0.15) is 67.7 Å². The minimum Gasteiger partial charge on any atom is -0.358 e. The number of rotatable bonds is 9. The second-order valence-corrected chi connectivity index (χ2v) is 10.0. The van der Waals surface area contributed by atoms with Gasteiger partial charge in [-0.15, -0.1) is 0 Å². The van der Waals surface area contributed by atoms with Gasteiger partial charge in [-0.25, -0.2) is 0 Å². The van der Waals surface area contributed by atoms with E-state index in [0.717, 1.165) is 18.3 Å². The summed E-state index contributed by atoms with van der Waals surface area (Å²) in [5, 5.41) is 0. The van der Waals surface area contributed by atoms with E-state index in [1.807, 2.05) is 37.3 Å². The Bertz CT molecular complexity index is 930. The molecular formula is C30H40O2. The van der Waals surface area contributed by atoms with Crippen molar-refractivity contribution in [3.05, 3.63) is 95.2 Å². The van der Waals surface area contributed by atoms with Crippen LogP contribution in [-0.2, 0) is 9.53 Å². The Morgan fingerprint density at radius 1 is 0.688 bits per heavy atom. The maximum Gasteiger partial charge on any atom is 0.145 e. The Balaban J connectivity index is 1.90.